The Morgan fingerprint density at radius 3 is 2.67 bits per heavy atom. The normalized spacial score (nSPS) is 16.5. The number of aryl methyl sites for hydroxylation is 1. The predicted octanol–water partition coefficient (Wildman–Crippen LogP) is 1.60. The van der Waals surface area contributed by atoms with Gasteiger partial charge in [0.05, 0.1) is 6.10 Å². The number of benzene rings is 1. The van der Waals surface area contributed by atoms with Gasteiger partial charge in [-0.25, -0.2) is 0 Å². The highest BCUT2D eigenvalue weighted by Gasteiger charge is 2.24. The molecular formula is C16H22N2O3. The van der Waals surface area contributed by atoms with E-state index < -0.39 is 17.9 Å². The number of hydrogen-bond donors (Lipinski definition) is 3. The van der Waals surface area contributed by atoms with Crippen molar-refractivity contribution in [3.8, 4) is 0 Å². The van der Waals surface area contributed by atoms with E-state index in [-0.39, 0.29) is 12.5 Å². The summed E-state index contributed by atoms with van der Waals surface area (Å²) >= 11 is 0. The van der Waals surface area contributed by atoms with E-state index in [1.165, 1.54) is 0 Å². The minimum Gasteiger partial charge on any atom is -0.391 e. The van der Waals surface area contributed by atoms with Crippen molar-refractivity contribution in [3.05, 3.63) is 29.8 Å². The molecular weight excluding hydrogens is 268 g/mol. The summed E-state index contributed by atoms with van der Waals surface area (Å²) in [5.74, 6) is -1.18. The Bertz CT molecular complexity index is 510. The molecule has 1 atom stereocenters. The van der Waals surface area contributed by atoms with Crippen LogP contribution >= 0.6 is 0 Å². The number of aliphatic hydroxyl groups is 1. The molecule has 0 bridgehead atoms. The summed E-state index contributed by atoms with van der Waals surface area (Å²) < 4.78 is 0. The largest absolute Gasteiger partial charge is 0.391 e. The minimum atomic E-state index is -0.714. The Morgan fingerprint density at radius 1 is 1.29 bits per heavy atom. The minimum absolute atomic E-state index is 0.130. The molecule has 0 saturated heterocycles. The second-order valence-electron chi connectivity index (χ2n) is 5.65. The van der Waals surface area contributed by atoms with Crippen molar-refractivity contribution in [2.75, 3.05) is 11.9 Å². The van der Waals surface area contributed by atoms with Crippen LogP contribution in [0.25, 0.3) is 0 Å². The second-order valence-corrected chi connectivity index (χ2v) is 5.65. The molecule has 1 unspecified atom stereocenters. The van der Waals surface area contributed by atoms with Crippen LogP contribution in [-0.2, 0) is 9.59 Å². The summed E-state index contributed by atoms with van der Waals surface area (Å²) in [6.45, 7) is 2.04. The molecule has 1 aromatic rings. The van der Waals surface area contributed by atoms with Crippen molar-refractivity contribution < 1.29 is 14.7 Å². The topological polar surface area (TPSA) is 78.4 Å². The third-order valence-corrected chi connectivity index (χ3v) is 3.90. The number of aliphatic hydroxyl groups excluding tert-OH is 1. The lowest BCUT2D eigenvalue weighted by atomic mass is 10.0. The van der Waals surface area contributed by atoms with Crippen LogP contribution in [0.15, 0.2) is 24.3 Å². The molecule has 0 aromatic heterocycles. The van der Waals surface area contributed by atoms with Gasteiger partial charge in [-0.15, -0.1) is 0 Å². The smallest absolute Gasteiger partial charge is 0.313 e. The average molecular weight is 290 g/mol. The highest BCUT2D eigenvalue weighted by atomic mass is 16.3. The Hall–Kier alpha value is -1.88. The summed E-state index contributed by atoms with van der Waals surface area (Å²) in [7, 11) is 0. The van der Waals surface area contributed by atoms with Crippen molar-refractivity contribution in [2.45, 2.75) is 38.7 Å². The molecule has 5 nitrogen and oxygen atoms in total. The Morgan fingerprint density at radius 2 is 2.00 bits per heavy atom. The van der Waals surface area contributed by atoms with Crippen molar-refractivity contribution in [1.82, 2.24) is 5.32 Å². The summed E-state index contributed by atoms with van der Waals surface area (Å²) in [6.07, 6.45) is 3.68. The second kappa shape index (κ2) is 7.22. The van der Waals surface area contributed by atoms with Crippen molar-refractivity contribution in [1.29, 1.82) is 0 Å². The van der Waals surface area contributed by atoms with Crippen LogP contribution in [0.1, 0.15) is 31.2 Å². The summed E-state index contributed by atoms with van der Waals surface area (Å²) in [4.78, 5) is 23.5. The van der Waals surface area contributed by atoms with E-state index in [1.807, 2.05) is 19.1 Å². The van der Waals surface area contributed by atoms with Gasteiger partial charge in [-0.1, -0.05) is 25.0 Å². The zero-order valence-corrected chi connectivity index (χ0v) is 12.3. The maximum Gasteiger partial charge on any atom is 0.313 e. The van der Waals surface area contributed by atoms with Gasteiger partial charge in [-0.2, -0.15) is 0 Å². The van der Waals surface area contributed by atoms with Gasteiger partial charge in [0.25, 0.3) is 0 Å². The average Bonchev–Trinajstić information content (AvgIpc) is 2.98. The molecule has 1 aromatic carbocycles. The van der Waals surface area contributed by atoms with Crippen LogP contribution < -0.4 is 10.6 Å². The lowest BCUT2D eigenvalue weighted by Crippen LogP contribution is -2.41. The first-order valence-electron chi connectivity index (χ1n) is 7.40. The van der Waals surface area contributed by atoms with Crippen LogP contribution in [0.5, 0.6) is 0 Å². The molecule has 2 amide bonds. The molecule has 2 rings (SSSR count). The van der Waals surface area contributed by atoms with Gasteiger partial charge in [-0.05, 0) is 43.4 Å². The van der Waals surface area contributed by atoms with Gasteiger partial charge in [0.2, 0.25) is 0 Å². The number of carbonyl (C=O) groups excluding carboxylic acids is 2. The van der Waals surface area contributed by atoms with Gasteiger partial charge in [0.15, 0.2) is 0 Å². The number of hydrogen-bond acceptors (Lipinski definition) is 3. The quantitative estimate of drug-likeness (QED) is 0.737. The number of nitrogens with one attached hydrogen (secondary N) is 2. The fraction of sp³-hybridized carbons (Fsp3) is 0.500. The van der Waals surface area contributed by atoms with E-state index in [0.29, 0.717) is 5.69 Å². The van der Waals surface area contributed by atoms with Gasteiger partial charge < -0.3 is 15.7 Å². The Kier molecular flexibility index (Phi) is 5.33. The summed E-state index contributed by atoms with van der Waals surface area (Å²) in [5.41, 5.74) is 1.59. The van der Waals surface area contributed by atoms with Crippen molar-refractivity contribution >= 4 is 17.5 Å². The third kappa shape index (κ3) is 4.56. The lowest BCUT2D eigenvalue weighted by molar-refractivity contribution is -0.136. The van der Waals surface area contributed by atoms with E-state index >= 15 is 0 Å². The van der Waals surface area contributed by atoms with E-state index in [9.17, 15) is 14.7 Å². The first-order valence-corrected chi connectivity index (χ1v) is 7.40. The third-order valence-electron chi connectivity index (χ3n) is 3.90. The molecule has 1 aliphatic rings. The van der Waals surface area contributed by atoms with E-state index in [0.717, 1.165) is 31.2 Å². The van der Waals surface area contributed by atoms with Crippen LogP contribution in [0.3, 0.4) is 0 Å². The maximum absolute atomic E-state index is 11.8. The fourth-order valence-corrected chi connectivity index (χ4v) is 2.70. The molecule has 21 heavy (non-hydrogen) atoms. The van der Waals surface area contributed by atoms with Crippen LogP contribution in [-0.4, -0.2) is 29.6 Å². The fourth-order valence-electron chi connectivity index (χ4n) is 2.70. The molecule has 0 aliphatic heterocycles. The molecule has 1 saturated carbocycles. The zero-order chi connectivity index (χ0) is 15.2. The monoisotopic (exact) mass is 290 g/mol. The SMILES string of the molecule is Cc1cccc(NC(=O)C(=O)NCC(O)C2CCCC2)c1. The van der Waals surface area contributed by atoms with E-state index in [2.05, 4.69) is 10.6 Å². The molecule has 1 aliphatic carbocycles. The zero-order valence-electron chi connectivity index (χ0n) is 12.3. The number of carbonyl (C=O) groups is 2. The van der Waals surface area contributed by atoms with Crippen LogP contribution in [0, 0.1) is 12.8 Å². The molecule has 114 valence electrons. The first-order chi connectivity index (χ1) is 10.1. The number of anilines is 1. The maximum atomic E-state index is 11.8. The van der Waals surface area contributed by atoms with Gasteiger partial charge in [0, 0.05) is 12.2 Å². The Labute approximate surface area is 124 Å². The van der Waals surface area contributed by atoms with E-state index in [4.69, 9.17) is 0 Å². The van der Waals surface area contributed by atoms with Crippen molar-refractivity contribution in [3.63, 3.8) is 0 Å². The van der Waals surface area contributed by atoms with Crippen LogP contribution in [0.4, 0.5) is 5.69 Å². The molecule has 1 fully saturated rings. The Balaban J connectivity index is 1.78. The van der Waals surface area contributed by atoms with Crippen LogP contribution in [0.2, 0.25) is 0 Å². The molecule has 0 spiro atoms. The standard InChI is InChI=1S/C16H22N2O3/c1-11-5-4-8-13(9-11)18-16(21)15(20)17-10-14(19)12-6-2-3-7-12/h4-5,8-9,12,14,19H,2-3,6-7,10H2,1H3,(H,17,20)(H,18,21). The molecule has 0 radical (unpaired) electrons. The highest BCUT2D eigenvalue weighted by Crippen LogP contribution is 2.27. The molecule has 3 N–H and O–H groups in total. The highest BCUT2D eigenvalue weighted by molar-refractivity contribution is 6.39. The molecule has 5 heteroatoms. The lowest BCUT2D eigenvalue weighted by Gasteiger charge is -2.17. The molecule has 0 heterocycles. The summed E-state index contributed by atoms with van der Waals surface area (Å²) in [6, 6.07) is 7.24. The summed E-state index contributed by atoms with van der Waals surface area (Å²) in [5, 5.41) is 15.0. The predicted molar refractivity (Wildman–Crippen MR) is 80.8 cm³/mol. The van der Waals surface area contributed by atoms with Gasteiger partial charge >= 0.3 is 11.8 Å². The van der Waals surface area contributed by atoms with Crippen molar-refractivity contribution in [2.24, 2.45) is 5.92 Å². The van der Waals surface area contributed by atoms with Gasteiger partial charge in [0.1, 0.15) is 0 Å². The van der Waals surface area contributed by atoms with Gasteiger partial charge in [-0.3, -0.25) is 9.59 Å². The number of rotatable bonds is 4. The first kappa shape index (κ1) is 15.5. The number of amides is 2. The van der Waals surface area contributed by atoms with E-state index in [1.54, 1.807) is 12.1 Å².